The molecule has 0 saturated heterocycles. The zero-order chi connectivity index (χ0) is 14.4. The summed E-state index contributed by atoms with van der Waals surface area (Å²) >= 11 is 0. The number of nitrogens with one attached hydrogen (secondary N) is 1. The molecule has 1 aliphatic rings. The van der Waals surface area contributed by atoms with Crippen LogP contribution in [-0.2, 0) is 14.3 Å². The van der Waals surface area contributed by atoms with E-state index in [1.165, 1.54) is 0 Å². The van der Waals surface area contributed by atoms with E-state index >= 15 is 0 Å². The number of hydrogen-bond donors (Lipinski definition) is 2. The first-order valence-electron chi connectivity index (χ1n) is 6.47. The summed E-state index contributed by atoms with van der Waals surface area (Å²) < 4.78 is 10.4. The highest BCUT2D eigenvalue weighted by molar-refractivity contribution is 5.84. The van der Waals surface area contributed by atoms with Crippen molar-refractivity contribution in [3.05, 3.63) is 29.8 Å². The van der Waals surface area contributed by atoms with Gasteiger partial charge in [0.2, 0.25) is 5.91 Å². The molecular weight excluding hydrogens is 262 g/mol. The van der Waals surface area contributed by atoms with Crippen LogP contribution in [0.25, 0.3) is 0 Å². The van der Waals surface area contributed by atoms with Crippen molar-refractivity contribution in [3.63, 3.8) is 0 Å². The molecule has 0 aromatic heterocycles. The molecule has 1 aliphatic heterocycles. The van der Waals surface area contributed by atoms with Gasteiger partial charge in [-0.15, -0.1) is 0 Å². The van der Waals surface area contributed by atoms with E-state index in [1.54, 1.807) is 0 Å². The largest absolute Gasteiger partial charge is 0.493 e. The number of para-hydroxylation sites is 1. The van der Waals surface area contributed by atoms with Crippen LogP contribution >= 0.6 is 0 Å². The maximum absolute atomic E-state index is 12.1. The Morgan fingerprint density at radius 1 is 1.40 bits per heavy atom. The van der Waals surface area contributed by atoms with Crippen molar-refractivity contribution < 1.29 is 24.2 Å². The highest BCUT2D eigenvalue weighted by Gasteiger charge is 2.26. The van der Waals surface area contributed by atoms with Gasteiger partial charge in [-0.25, -0.2) is 4.79 Å². The Bertz CT molecular complexity index is 488. The zero-order valence-electron chi connectivity index (χ0n) is 11.0. The Morgan fingerprint density at radius 2 is 2.20 bits per heavy atom. The summed E-state index contributed by atoms with van der Waals surface area (Å²) in [4.78, 5) is 22.4. The number of aliphatic carboxylic acids is 1. The quantitative estimate of drug-likeness (QED) is 0.751. The van der Waals surface area contributed by atoms with E-state index in [0.717, 1.165) is 11.3 Å². The van der Waals surface area contributed by atoms with E-state index in [0.29, 0.717) is 19.6 Å². The van der Waals surface area contributed by atoms with E-state index in [4.69, 9.17) is 14.6 Å². The van der Waals surface area contributed by atoms with Gasteiger partial charge >= 0.3 is 5.97 Å². The van der Waals surface area contributed by atoms with Crippen LogP contribution in [0.15, 0.2) is 24.3 Å². The molecule has 0 radical (unpaired) electrons. The number of benzene rings is 1. The molecule has 108 valence electrons. The van der Waals surface area contributed by atoms with E-state index in [9.17, 15) is 9.59 Å². The number of fused-ring (bicyclic) bond motifs is 1. The third-order valence-electron chi connectivity index (χ3n) is 3.05. The lowest BCUT2D eigenvalue weighted by Crippen LogP contribution is -2.34. The minimum absolute atomic E-state index is 0.0836. The molecule has 1 atom stereocenters. The Hall–Kier alpha value is -2.08. The van der Waals surface area contributed by atoms with Crippen molar-refractivity contribution >= 4 is 11.9 Å². The van der Waals surface area contributed by atoms with E-state index in [1.807, 2.05) is 24.3 Å². The second-order valence-corrected chi connectivity index (χ2v) is 4.46. The summed E-state index contributed by atoms with van der Waals surface area (Å²) in [6, 6.07) is 7.49. The van der Waals surface area contributed by atoms with E-state index < -0.39 is 5.97 Å². The van der Waals surface area contributed by atoms with Gasteiger partial charge in [0, 0.05) is 12.1 Å². The summed E-state index contributed by atoms with van der Waals surface area (Å²) in [5.74, 6) is -0.574. The van der Waals surface area contributed by atoms with Crippen LogP contribution in [0.1, 0.15) is 17.9 Å². The molecule has 0 fully saturated rings. The van der Waals surface area contributed by atoms with Crippen LogP contribution in [0, 0.1) is 0 Å². The summed E-state index contributed by atoms with van der Waals surface area (Å²) in [6.45, 7) is 0.648. The molecule has 0 spiro atoms. The van der Waals surface area contributed by atoms with Gasteiger partial charge in [0.05, 0.1) is 19.1 Å². The molecule has 2 N–H and O–H groups in total. The van der Waals surface area contributed by atoms with Crippen molar-refractivity contribution in [2.45, 2.75) is 12.3 Å². The number of amides is 1. The zero-order valence-corrected chi connectivity index (χ0v) is 11.0. The number of ether oxygens (including phenoxy) is 2. The van der Waals surface area contributed by atoms with Crippen molar-refractivity contribution in [2.24, 2.45) is 0 Å². The molecule has 0 bridgehead atoms. The summed E-state index contributed by atoms with van der Waals surface area (Å²) in [5, 5.41) is 11.2. The van der Waals surface area contributed by atoms with Crippen LogP contribution in [0.2, 0.25) is 0 Å². The van der Waals surface area contributed by atoms with Crippen LogP contribution in [0.3, 0.4) is 0 Å². The van der Waals surface area contributed by atoms with Crippen molar-refractivity contribution in [1.29, 1.82) is 0 Å². The molecule has 20 heavy (non-hydrogen) atoms. The molecule has 1 aromatic rings. The van der Waals surface area contributed by atoms with Gasteiger partial charge < -0.3 is 19.9 Å². The number of rotatable bonds is 6. The summed E-state index contributed by atoms with van der Waals surface area (Å²) in [6.07, 6.45) is 0.638. The predicted molar refractivity (Wildman–Crippen MR) is 70.8 cm³/mol. The summed E-state index contributed by atoms with van der Waals surface area (Å²) in [7, 11) is 0. The van der Waals surface area contributed by atoms with Gasteiger partial charge in [0.15, 0.2) is 0 Å². The molecule has 1 aromatic carbocycles. The molecule has 1 amide bonds. The molecule has 6 nitrogen and oxygen atoms in total. The monoisotopic (exact) mass is 279 g/mol. The Balaban J connectivity index is 1.83. The average Bonchev–Trinajstić information content (AvgIpc) is 2.45. The maximum atomic E-state index is 12.1. The molecule has 6 heteroatoms. The molecule has 0 aliphatic carbocycles. The fourth-order valence-electron chi connectivity index (χ4n) is 2.14. The first-order chi connectivity index (χ1) is 9.68. The first-order valence-corrected chi connectivity index (χ1v) is 6.47. The minimum Gasteiger partial charge on any atom is -0.493 e. The predicted octanol–water partition coefficient (Wildman–Crippen LogP) is 0.770. The first kappa shape index (κ1) is 14.3. The third-order valence-corrected chi connectivity index (χ3v) is 3.05. The fraction of sp³-hybridized carbons (Fsp3) is 0.429. The third kappa shape index (κ3) is 3.71. The standard InChI is InChI=1S/C14H17NO5/c16-13(17)9-19-8-6-15-14(18)11-5-7-20-12-4-2-1-3-10(11)12/h1-4,11H,5-9H2,(H,15,18)(H,16,17). The second kappa shape index (κ2) is 6.91. The average molecular weight is 279 g/mol. The van der Waals surface area contributed by atoms with Gasteiger partial charge in [0.1, 0.15) is 12.4 Å². The van der Waals surface area contributed by atoms with Crippen molar-refractivity contribution in [2.75, 3.05) is 26.4 Å². The molecular formula is C14H17NO5. The number of carboxylic acids is 1. The Kier molecular flexibility index (Phi) is 4.95. The molecule has 0 saturated carbocycles. The van der Waals surface area contributed by atoms with Crippen molar-refractivity contribution in [1.82, 2.24) is 5.32 Å². The van der Waals surface area contributed by atoms with Gasteiger partial charge in [-0.1, -0.05) is 18.2 Å². The topological polar surface area (TPSA) is 84.9 Å². The van der Waals surface area contributed by atoms with Crippen LogP contribution in [-0.4, -0.2) is 43.3 Å². The van der Waals surface area contributed by atoms with Gasteiger partial charge in [-0.2, -0.15) is 0 Å². The van der Waals surface area contributed by atoms with Crippen LogP contribution in [0.4, 0.5) is 0 Å². The number of carboxylic acid groups (broad SMARTS) is 1. The lowest BCUT2D eigenvalue weighted by atomic mass is 9.92. The lowest BCUT2D eigenvalue weighted by molar-refractivity contribution is -0.142. The second-order valence-electron chi connectivity index (χ2n) is 4.46. The molecule has 1 heterocycles. The van der Waals surface area contributed by atoms with Crippen LogP contribution in [0.5, 0.6) is 5.75 Å². The SMILES string of the molecule is O=C(O)COCCNC(=O)C1CCOc2ccccc21. The Labute approximate surface area is 116 Å². The van der Waals surface area contributed by atoms with Crippen LogP contribution < -0.4 is 10.1 Å². The molecule has 2 rings (SSSR count). The fourth-order valence-corrected chi connectivity index (χ4v) is 2.14. The van der Waals surface area contributed by atoms with Gasteiger partial charge in [0.25, 0.3) is 0 Å². The minimum atomic E-state index is -1.02. The lowest BCUT2D eigenvalue weighted by Gasteiger charge is -2.25. The summed E-state index contributed by atoms with van der Waals surface area (Å²) in [5.41, 5.74) is 0.891. The maximum Gasteiger partial charge on any atom is 0.329 e. The van der Waals surface area contributed by atoms with Gasteiger partial charge in [-0.05, 0) is 12.5 Å². The highest BCUT2D eigenvalue weighted by Crippen LogP contribution is 2.33. The van der Waals surface area contributed by atoms with Gasteiger partial charge in [-0.3, -0.25) is 4.79 Å². The highest BCUT2D eigenvalue weighted by atomic mass is 16.5. The smallest absolute Gasteiger partial charge is 0.329 e. The number of carbonyl (C=O) groups is 2. The normalized spacial score (nSPS) is 16.9. The molecule has 1 unspecified atom stereocenters. The Morgan fingerprint density at radius 3 is 3.00 bits per heavy atom. The number of carbonyl (C=O) groups excluding carboxylic acids is 1. The van der Waals surface area contributed by atoms with E-state index in [2.05, 4.69) is 5.32 Å². The van der Waals surface area contributed by atoms with E-state index in [-0.39, 0.29) is 25.0 Å². The number of hydrogen-bond acceptors (Lipinski definition) is 4. The van der Waals surface area contributed by atoms with Crippen molar-refractivity contribution in [3.8, 4) is 5.75 Å².